The Kier molecular flexibility index (Phi) is 7.24. The van der Waals surface area contributed by atoms with E-state index in [0.29, 0.717) is 0 Å². The molecule has 2 aromatic carbocycles. The Balaban J connectivity index is 1.75. The molecule has 3 N–H and O–H groups in total. The van der Waals surface area contributed by atoms with Crippen LogP contribution in [-0.4, -0.2) is 19.4 Å². The number of anilines is 2. The van der Waals surface area contributed by atoms with Crippen molar-refractivity contribution in [1.82, 2.24) is 10.3 Å². The van der Waals surface area contributed by atoms with Crippen molar-refractivity contribution in [3.63, 3.8) is 0 Å². The molecule has 0 aliphatic rings. The number of sulfonamides is 1. The fourth-order valence-electron chi connectivity index (χ4n) is 2.85. The summed E-state index contributed by atoms with van der Waals surface area (Å²) in [6, 6.07) is 7.68. The predicted octanol–water partition coefficient (Wildman–Crippen LogP) is 5.24. The number of nitrogens with one attached hydrogen (secondary N) is 3. The number of rotatable bonds is 6. The van der Waals surface area contributed by atoms with Gasteiger partial charge in [-0.25, -0.2) is 13.2 Å². The minimum atomic E-state index is -5.22. The Bertz CT molecular complexity index is 1300. The number of carbonyl (C=O) groups is 1. The van der Waals surface area contributed by atoms with Crippen molar-refractivity contribution >= 4 is 27.4 Å². The zero-order valence-electron chi connectivity index (χ0n) is 17.4. The first-order valence-corrected chi connectivity index (χ1v) is 11.1. The first kappa shape index (κ1) is 25.8. The lowest BCUT2D eigenvalue weighted by Crippen LogP contribution is -2.28. The summed E-state index contributed by atoms with van der Waals surface area (Å²) in [7, 11) is -5.06. The van der Waals surface area contributed by atoms with Crippen LogP contribution >= 0.6 is 0 Å². The van der Waals surface area contributed by atoms with Crippen LogP contribution in [0.5, 0.6) is 0 Å². The van der Waals surface area contributed by atoms with Crippen LogP contribution in [0.25, 0.3) is 0 Å². The molecule has 1 heterocycles. The van der Waals surface area contributed by atoms with E-state index < -0.39 is 44.4 Å². The molecule has 0 aliphatic carbocycles. The number of amides is 2. The normalized spacial score (nSPS) is 12.2. The Morgan fingerprint density at radius 3 is 2.00 bits per heavy atom. The molecule has 14 heteroatoms. The molecule has 0 radical (unpaired) electrons. The molecule has 0 unspecified atom stereocenters. The van der Waals surface area contributed by atoms with Crippen LogP contribution in [-0.2, 0) is 28.9 Å². The summed E-state index contributed by atoms with van der Waals surface area (Å²) in [6.07, 6.45) is -7.18. The van der Waals surface area contributed by atoms with Gasteiger partial charge in [-0.3, -0.25) is 9.71 Å². The highest BCUT2D eigenvalue weighted by Gasteiger charge is 2.40. The van der Waals surface area contributed by atoms with Gasteiger partial charge in [0, 0.05) is 30.3 Å². The van der Waals surface area contributed by atoms with Crippen LogP contribution in [0.3, 0.4) is 0 Å². The summed E-state index contributed by atoms with van der Waals surface area (Å²) in [4.78, 5) is 14.3. The molecule has 35 heavy (non-hydrogen) atoms. The first-order chi connectivity index (χ1) is 16.3. The second-order valence-corrected chi connectivity index (χ2v) is 8.70. The summed E-state index contributed by atoms with van der Waals surface area (Å²) in [5, 5.41) is 5.04. The van der Waals surface area contributed by atoms with Gasteiger partial charge in [-0.1, -0.05) is 0 Å². The summed E-state index contributed by atoms with van der Waals surface area (Å²) >= 11 is 0. The van der Waals surface area contributed by atoms with Gasteiger partial charge in [-0.05, 0) is 60.2 Å². The molecule has 1 aromatic heterocycles. The summed E-state index contributed by atoms with van der Waals surface area (Å²) in [6.45, 7) is 0.199. The second-order valence-electron chi connectivity index (χ2n) is 7.05. The van der Waals surface area contributed by atoms with Crippen LogP contribution in [0.15, 0.2) is 71.9 Å². The van der Waals surface area contributed by atoms with Crippen LogP contribution in [0.1, 0.15) is 16.7 Å². The molecule has 0 atom stereocenters. The van der Waals surface area contributed by atoms with Gasteiger partial charge in [-0.2, -0.15) is 26.3 Å². The molecular formula is C21H16F6N4O3S. The van der Waals surface area contributed by atoms with E-state index in [1.807, 2.05) is 4.72 Å². The lowest BCUT2D eigenvalue weighted by atomic mass is 10.1. The number of hydrogen-bond donors (Lipinski definition) is 3. The number of benzene rings is 2. The van der Waals surface area contributed by atoms with E-state index in [4.69, 9.17) is 0 Å². The zero-order valence-corrected chi connectivity index (χ0v) is 18.2. The van der Waals surface area contributed by atoms with E-state index in [-0.39, 0.29) is 36.1 Å². The highest BCUT2D eigenvalue weighted by Crippen LogP contribution is 2.38. The third-order valence-corrected chi connectivity index (χ3v) is 5.92. The molecule has 0 aliphatic heterocycles. The Morgan fingerprint density at radius 2 is 1.43 bits per heavy atom. The molecule has 0 spiro atoms. The summed E-state index contributed by atoms with van der Waals surface area (Å²) in [5.74, 6) is 0. The number of alkyl halides is 6. The van der Waals surface area contributed by atoms with E-state index in [2.05, 4.69) is 15.6 Å². The number of carbonyl (C=O) groups excluding carboxylic acids is 1. The number of urea groups is 1. The molecule has 0 saturated heterocycles. The first-order valence-electron chi connectivity index (χ1n) is 9.61. The molecular weight excluding hydrogens is 502 g/mol. The van der Waals surface area contributed by atoms with Crippen molar-refractivity contribution in [2.75, 3.05) is 10.0 Å². The average Bonchev–Trinajstić information content (AvgIpc) is 2.78. The predicted molar refractivity (Wildman–Crippen MR) is 114 cm³/mol. The lowest BCUT2D eigenvalue weighted by Gasteiger charge is -2.17. The van der Waals surface area contributed by atoms with E-state index in [9.17, 15) is 39.6 Å². The van der Waals surface area contributed by atoms with Gasteiger partial charge in [0.15, 0.2) is 0 Å². The Morgan fingerprint density at radius 1 is 0.829 bits per heavy atom. The number of hydrogen-bond acceptors (Lipinski definition) is 4. The van der Waals surface area contributed by atoms with Crippen molar-refractivity contribution in [3.8, 4) is 0 Å². The van der Waals surface area contributed by atoms with Crippen molar-refractivity contribution in [2.45, 2.75) is 23.8 Å². The monoisotopic (exact) mass is 518 g/mol. The molecule has 0 fully saturated rings. The minimum absolute atomic E-state index is 0.0645. The maximum absolute atomic E-state index is 13.3. The van der Waals surface area contributed by atoms with Gasteiger partial charge in [0.2, 0.25) is 0 Å². The van der Waals surface area contributed by atoms with Crippen molar-refractivity contribution < 1.29 is 39.6 Å². The van der Waals surface area contributed by atoms with Gasteiger partial charge in [0.05, 0.1) is 11.1 Å². The van der Waals surface area contributed by atoms with Crippen LogP contribution < -0.4 is 15.4 Å². The quantitative estimate of drug-likeness (QED) is 0.389. The molecule has 2 amide bonds. The number of halogens is 6. The highest BCUT2D eigenvalue weighted by molar-refractivity contribution is 7.92. The zero-order chi connectivity index (χ0) is 25.9. The highest BCUT2D eigenvalue weighted by atomic mass is 32.2. The lowest BCUT2D eigenvalue weighted by molar-refractivity contribution is -0.143. The topological polar surface area (TPSA) is 100 Å². The van der Waals surface area contributed by atoms with E-state index >= 15 is 0 Å². The Hall–Kier alpha value is -3.81. The van der Waals surface area contributed by atoms with Gasteiger partial charge in [0.1, 0.15) is 4.90 Å². The minimum Gasteiger partial charge on any atom is -0.334 e. The van der Waals surface area contributed by atoms with E-state index in [1.165, 1.54) is 12.1 Å². The summed E-state index contributed by atoms with van der Waals surface area (Å²) < 4.78 is 106. The van der Waals surface area contributed by atoms with Crippen molar-refractivity contribution in [1.29, 1.82) is 0 Å². The van der Waals surface area contributed by atoms with Gasteiger partial charge < -0.3 is 10.6 Å². The largest absolute Gasteiger partial charge is 0.417 e. The van der Waals surface area contributed by atoms with Gasteiger partial charge in [-0.15, -0.1) is 0 Å². The van der Waals surface area contributed by atoms with Gasteiger partial charge in [0.25, 0.3) is 10.0 Å². The third kappa shape index (κ3) is 6.85. The standard InChI is InChI=1S/C21H16F6N4O3S/c22-20(23,24)14-1-6-17(21(25,26)27)18(11-14)35(33,34)31-16-4-2-15(3-5-16)30-19(32)29-12-13-7-9-28-10-8-13/h1-11,31H,12H2,(H2,29,30,32). The molecule has 7 nitrogen and oxygen atoms in total. The fraction of sp³-hybridized carbons (Fsp3) is 0.143. The summed E-state index contributed by atoms with van der Waals surface area (Å²) in [5.41, 5.74) is -2.54. The number of nitrogens with zero attached hydrogens (tertiary/aromatic N) is 1. The molecule has 3 rings (SSSR count). The fourth-order valence-corrected chi connectivity index (χ4v) is 4.16. The smallest absolute Gasteiger partial charge is 0.334 e. The van der Waals surface area contributed by atoms with Crippen LogP contribution in [0, 0.1) is 0 Å². The van der Waals surface area contributed by atoms with Crippen LogP contribution in [0.2, 0.25) is 0 Å². The van der Waals surface area contributed by atoms with E-state index in [0.717, 1.165) is 17.7 Å². The average molecular weight is 518 g/mol. The molecule has 0 saturated carbocycles. The third-order valence-electron chi connectivity index (χ3n) is 4.50. The second kappa shape index (κ2) is 9.82. The maximum Gasteiger partial charge on any atom is 0.417 e. The number of pyridine rings is 1. The van der Waals surface area contributed by atoms with E-state index in [1.54, 1.807) is 24.5 Å². The van der Waals surface area contributed by atoms with Gasteiger partial charge >= 0.3 is 18.4 Å². The maximum atomic E-state index is 13.3. The number of aromatic nitrogens is 1. The van der Waals surface area contributed by atoms with Crippen molar-refractivity contribution in [2.24, 2.45) is 0 Å². The molecule has 0 bridgehead atoms. The SMILES string of the molecule is O=C(NCc1ccncc1)Nc1ccc(NS(=O)(=O)c2cc(C(F)(F)F)ccc2C(F)(F)F)cc1. The molecule has 186 valence electrons. The molecule has 3 aromatic rings. The van der Waals surface area contributed by atoms with Crippen LogP contribution in [0.4, 0.5) is 42.5 Å². The Labute approximate surface area is 195 Å². The van der Waals surface area contributed by atoms with Crippen molar-refractivity contribution in [3.05, 3.63) is 83.7 Å².